The van der Waals surface area contributed by atoms with Gasteiger partial charge in [-0.25, -0.2) is 4.39 Å². The maximum Gasteiger partial charge on any atom is 0.173 e. The van der Waals surface area contributed by atoms with Gasteiger partial charge in [-0.3, -0.25) is 0 Å². The number of methoxy groups -OCH3 is 1. The fourth-order valence-electron chi connectivity index (χ4n) is 2.32. The predicted octanol–water partition coefficient (Wildman–Crippen LogP) is 4.23. The van der Waals surface area contributed by atoms with Crippen molar-refractivity contribution in [1.82, 2.24) is 4.90 Å². The van der Waals surface area contributed by atoms with Crippen LogP contribution in [0.5, 0.6) is 5.75 Å². The molecule has 122 valence electrons. The standard InChI is InChI=1S/C18H21FN2OS/c1-4-14-7-5-6-8-16(14)20-18(23)21(2)12-13-9-10-17(22-3)15(19)11-13/h5-11H,4,12H2,1-3H3,(H,20,23). The zero-order valence-corrected chi connectivity index (χ0v) is 14.4. The maximum atomic E-state index is 13.8. The van der Waals surface area contributed by atoms with Crippen LogP contribution >= 0.6 is 12.2 Å². The molecule has 2 aromatic rings. The van der Waals surface area contributed by atoms with Gasteiger partial charge in [0.15, 0.2) is 16.7 Å². The molecule has 0 saturated heterocycles. The second-order valence-corrected chi connectivity index (χ2v) is 5.65. The molecular formula is C18H21FN2OS. The lowest BCUT2D eigenvalue weighted by atomic mass is 10.1. The largest absolute Gasteiger partial charge is 0.494 e. The first kappa shape index (κ1) is 17.2. The normalized spacial score (nSPS) is 10.3. The Morgan fingerprint density at radius 1 is 1.26 bits per heavy atom. The highest BCUT2D eigenvalue weighted by atomic mass is 32.1. The Labute approximate surface area is 142 Å². The number of rotatable bonds is 5. The Morgan fingerprint density at radius 3 is 2.65 bits per heavy atom. The molecule has 0 aromatic heterocycles. The van der Waals surface area contributed by atoms with Crippen molar-refractivity contribution >= 4 is 23.0 Å². The van der Waals surface area contributed by atoms with Crippen molar-refractivity contribution in [2.45, 2.75) is 19.9 Å². The summed E-state index contributed by atoms with van der Waals surface area (Å²) in [4.78, 5) is 1.88. The Bertz CT molecular complexity index is 690. The van der Waals surface area contributed by atoms with E-state index >= 15 is 0 Å². The first-order chi connectivity index (χ1) is 11.0. The first-order valence-corrected chi connectivity index (χ1v) is 7.88. The topological polar surface area (TPSA) is 24.5 Å². The monoisotopic (exact) mass is 332 g/mol. The number of thiocarbonyl (C=S) groups is 1. The van der Waals surface area contributed by atoms with E-state index < -0.39 is 0 Å². The minimum absolute atomic E-state index is 0.244. The maximum absolute atomic E-state index is 13.8. The number of hydrogen-bond acceptors (Lipinski definition) is 2. The van der Waals surface area contributed by atoms with E-state index in [2.05, 4.69) is 18.3 Å². The molecule has 3 nitrogen and oxygen atoms in total. The summed E-state index contributed by atoms with van der Waals surface area (Å²) >= 11 is 5.44. The van der Waals surface area contributed by atoms with Gasteiger partial charge >= 0.3 is 0 Å². The molecule has 0 aliphatic heterocycles. The van der Waals surface area contributed by atoms with Crippen molar-refractivity contribution < 1.29 is 9.13 Å². The molecule has 0 aliphatic rings. The van der Waals surface area contributed by atoms with E-state index in [4.69, 9.17) is 17.0 Å². The van der Waals surface area contributed by atoms with Crippen LogP contribution in [0.4, 0.5) is 10.1 Å². The highest BCUT2D eigenvalue weighted by molar-refractivity contribution is 7.80. The van der Waals surface area contributed by atoms with Crippen LogP contribution in [-0.4, -0.2) is 24.2 Å². The van der Waals surface area contributed by atoms with Crippen molar-refractivity contribution in [3.05, 3.63) is 59.4 Å². The summed E-state index contributed by atoms with van der Waals surface area (Å²) < 4.78 is 18.7. The van der Waals surface area contributed by atoms with E-state index in [0.29, 0.717) is 11.7 Å². The van der Waals surface area contributed by atoms with E-state index in [-0.39, 0.29) is 11.6 Å². The van der Waals surface area contributed by atoms with Crippen molar-refractivity contribution in [1.29, 1.82) is 0 Å². The van der Waals surface area contributed by atoms with Gasteiger partial charge in [0.05, 0.1) is 7.11 Å². The fourth-order valence-corrected chi connectivity index (χ4v) is 2.49. The molecule has 0 bridgehead atoms. The quantitative estimate of drug-likeness (QED) is 0.828. The molecule has 0 saturated carbocycles. The molecular weight excluding hydrogens is 311 g/mol. The Morgan fingerprint density at radius 2 is 2.00 bits per heavy atom. The molecule has 0 radical (unpaired) electrons. The Hall–Kier alpha value is -2.14. The summed E-state index contributed by atoms with van der Waals surface area (Å²) in [6.07, 6.45) is 0.930. The van der Waals surface area contributed by atoms with Crippen LogP contribution in [0.1, 0.15) is 18.1 Å². The number of benzene rings is 2. The number of nitrogens with zero attached hydrogens (tertiary/aromatic N) is 1. The number of para-hydroxylation sites is 1. The third-order valence-corrected chi connectivity index (χ3v) is 4.04. The van der Waals surface area contributed by atoms with Gasteiger partial charge in [0.1, 0.15) is 0 Å². The predicted molar refractivity (Wildman–Crippen MR) is 96.5 cm³/mol. The molecule has 1 N–H and O–H groups in total. The lowest BCUT2D eigenvalue weighted by Crippen LogP contribution is -2.30. The van der Waals surface area contributed by atoms with Gasteiger partial charge in [-0.15, -0.1) is 0 Å². The summed E-state index contributed by atoms with van der Waals surface area (Å²) in [5.74, 6) is -0.123. The lowest BCUT2D eigenvalue weighted by molar-refractivity contribution is 0.385. The molecule has 2 rings (SSSR count). The third kappa shape index (κ3) is 4.42. The van der Waals surface area contributed by atoms with E-state index in [0.717, 1.165) is 17.7 Å². The minimum Gasteiger partial charge on any atom is -0.494 e. The van der Waals surface area contributed by atoms with Crippen LogP contribution in [-0.2, 0) is 13.0 Å². The molecule has 0 spiro atoms. The van der Waals surface area contributed by atoms with Gasteiger partial charge in [-0.1, -0.05) is 31.2 Å². The molecule has 0 heterocycles. The molecule has 0 atom stereocenters. The van der Waals surface area contributed by atoms with Crippen molar-refractivity contribution in [2.75, 3.05) is 19.5 Å². The van der Waals surface area contributed by atoms with Gasteiger partial charge in [0.25, 0.3) is 0 Å². The zero-order valence-electron chi connectivity index (χ0n) is 13.6. The SMILES string of the molecule is CCc1ccccc1NC(=S)N(C)Cc1ccc(OC)c(F)c1. The van der Waals surface area contributed by atoms with Gasteiger partial charge in [-0.2, -0.15) is 0 Å². The number of ether oxygens (including phenoxy) is 1. The Kier molecular flexibility index (Phi) is 5.93. The fraction of sp³-hybridized carbons (Fsp3) is 0.278. The molecule has 2 aromatic carbocycles. The van der Waals surface area contributed by atoms with Crippen LogP contribution < -0.4 is 10.1 Å². The molecule has 0 fully saturated rings. The smallest absolute Gasteiger partial charge is 0.173 e. The molecule has 0 amide bonds. The first-order valence-electron chi connectivity index (χ1n) is 7.47. The summed E-state index contributed by atoms with van der Waals surface area (Å²) in [5.41, 5.74) is 3.05. The second kappa shape index (κ2) is 7.92. The van der Waals surface area contributed by atoms with Crippen LogP contribution in [0.2, 0.25) is 0 Å². The van der Waals surface area contributed by atoms with Gasteiger partial charge in [-0.05, 0) is 48.0 Å². The van der Waals surface area contributed by atoms with Crippen LogP contribution in [0.15, 0.2) is 42.5 Å². The summed E-state index contributed by atoms with van der Waals surface area (Å²) in [7, 11) is 3.33. The third-order valence-electron chi connectivity index (χ3n) is 3.62. The van der Waals surface area contributed by atoms with E-state index in [1.165, 1.54) is 18.7 Å². The van der Waals surface area contributed by atoms with Crippen molar-refractivity contribution in [3.63, 3.8) is 0 Å². The van der Waals surface area contributed by atoms with E-state index in [9.17, 15) is 4.39 Å². The van der Waals surface area contributed by atoms with Crippen LogP contribution in [0, 0.1) is 5.82 Å². The van der Waals surface area contributed by atoms with Crippen LogP contribution in [0.3, 0.4) is 0 Å². The second-order valence-electron chi connectivity index (χ2n) is 5.27. The number of hydrogen-bond donors (Lipinski definition) is 1. The average molecular weight is 332 g/mol. The van der Waals surface area contributed by atoms with Crippen LogP contribution in [0.25, 0.3) is 0 Å². The van der Waals surface area contributed by atoms with Crippen molar-refractivity contribution in [2.24, 2.45) is 0 Å². The van der Waals surface area contributed by atoms with E-state index in [1.807, 2.05) is 36.2 Å². The number of aryl methyl sites for hydroxylation is 1. The number of anilines is 1. The summed E-state index contributed by atoms with van der Waals surface area (Å²) in [5, 5.41) is 3.86. The van der Waals surface area contributed by atoms with Gasteiger partial charge in [0, 0.05) is 19.3 Å². The average Bonchev–Trinajstić information content (AvgIpc) is 2.55. The molecule has 5 heteroatoms. The van der Waals surface area contributed by atoms with Gasteiger partial charge in [0.2, 0.25) is 0 Å². The van der Waals surface area contributed by atoms with E-state index in [1.54, 1.807) is 6.07 Å². The highest BCUT2D eigenvalue weighted by Crippen LogP contribution is 2.19. The molecule has 0 aliphatic carbocycles. The number of nitrogens with one attached hydrogen (secondary N) is 1. The molecule has 23 heavy (non-hydrogen) atoms. The summed E-state index contributed by atoms with van der Waals surface area (Å²) in [6, 6.07) is 13.0. The minimum atomic E-state index is -0.367. The van der Waals surface area contributed by atoms with Gasteiger partial charge < -0.3 is 15.0 Å². The lowest BCUT2D eigenvalue weighted by Gasteiger charge is -2.22. The molecule has 0 unspecified atom stereocenters. The Balaban J connectivity index is 2.04. The summed E-state index contributed by atoms with van der Waals surface area (Å²) in [6.45, 7) is 2.62. The number of halogens is 1. The zero-order chi connectivity index (χ0) is 16.8. The highest BCUT2D eigenvalue weighted by Gasteiger charge is 2.10. The van der Waals surface area contributed by atoms with Crippen molar-refractivity contribution in [3.8, 4) is 5.75 Å².